The molecule has 0 aromatic heterocycles. The van der Waals surface area contributed by atoms with Crippen LogP contribution in [0.3, 0.4) is 0 Å². The fourth-order valence-corrected chi connectivity index (χ4v) is 4.33. The smallest absolute Gasteiger partial charge is 0.243 e. The zero-order chi connectivity index (χ0) is 32.4. The standard InChI is InChI=1S/C30H50N7O6/c1-19(2)16-22(18-38)34-30(43)26(17-21-10-12-23(39)13-11-21)37-29(42)25(9-5-7-15-32)36-28(41)24(8-4-6-14-31)35-27(40)20(3)33/h10-13,19-20,22,24-26,39H,4-9,14-17,31-33H2,1-3H3,(H,34,43)(H,35,40)(H,36,41)(H,37,42)/t20-,22-,24-,25-,26-/m0/s1. The lowest BCUT2D eigenvalue weighted by atomic mass is 10.0. The number of carbonyl (C=O) groups is 4. The molecule has 1 radical (unpaired) electrons. The Kier molecular flexibility index (Phi) is 17.8. The number of carbonyl (C=O) groups excluding carboxylic acids is 5. The van der Waals surface area contributed by atoms with Crippen LogP contribution in [-0.4, -0.2) is 78.3 Å². The number of aromatic hydroxyl groups is 1. The van der Waals surface area contributed by atoms with Crippen molar-refractivity contribution in [1.29, 1.82) is 0 Å². The van der Waals surface area contributed by atoms with Gasteiger partial charge < -0.3 is 43.6 Å². The average molecular weight is 605 g/mol. The molecule has 4 amide bonds. The Morgan fingerprint density at radius 3 is 1.65 bits per heavy atom. The fourth-order valence-electron chi connectivity index (χ4n) is 4.33. The van der Waals surface area contributed by atoms with E-state index in [1.807, 2.05) is 20.1 Å². The van der Waals surface area contributed by atoms with Crippen molar-refractivity contribution in [2.45, 2.75) is 102 Å². The number of amides is 4. The van der Waals surface area contributed by atoms with Crippen molar-refractivity contribution < 1.29 is 29.1 Å². The molecule has 0 heterocycles. The summed E-state index contributed by atoms with van der Waals surface area (Å²) in [4.78, 5) is 64.0. The van der Waals surface area contributed by atoms with E-state index in [1.165, 1.54) is 19.1 Å². The summed E-state index contributed by atoms with van der Waals surface area (Å²) >= 11 is 0. The molecule has 0 aliphatic rings. The third-order valence-corrected chi connectivity index (χ3v) is 6.75. The third-order valence-electron chi connectivity index (χ3n) is 6.75. The molecular formula is C30H50N7O6. The molecule has 0 unspecified atom stereocenters. The zero-order valence-corrected chi connectivity index (χ0v) is 25.6. The van der Waals surface area contributed by atoms with Gasteiger partial charge in [-0.3, -0.25) is 24.0 Å². The molecule has 13 heteroatoms. The molecule has 0 saturated carbocycles. The van der Waals surface area contributed by atoms with Gasteiger partial charge in [0.15, 0.2) is 0 Å². The van der Waals surface area contributed by atoms with Gasteiger partial charge in [0.05, 0.1) is 12.1 Å². The zero-order valence-electron chi connectivity index (χ0n) is 25.6. The second-order valence-corrected chi connectivity index (χ2v) is 11.2. The predicted octanol–water partition coefficient (Wildman–Crippen LogP) is -0.365. The van der Waals surface area contributed by atoms with Crippen LogP contribution in [0.25, 0.3) is 0 Å². The van der Waals surface area contributed by atoms with Crippen molar-refractivity contribution in [3.63, 3.8) is 0 Å². The molecule has 11 N–H and O–H groups in total. The van der Waals surface area contributed by atoms with Crippen LogP contribution in [0.5, 0.6) is 5.75 Å². The van der Waals surface area contributed by atoms with Crippen molar-refractivity contribution in [1.82, 2.24) is 21.3 Å². The Morgan fingerprint density at radius 2 is 1.21 bits per heavy atom. The number of unbranched alkanes of at least 4 members (excludes halogenated alkanes) is 2. The topological polar surface area (TPSA) is 232 Å². The van der Waals surface area contributed by atoms with Gasteiger partial charge in [0.2, 0.25) is 29.9 Å². The van der Waals surface area contributed by atoms with Crippen LogP contribution < -0.4 is 38.5 Å². The van der Waals surface area contributed by atoms with Gasteiger partial charge in [-0.2, -0.15) is 0 Å². The third kappa shape index (κ3) is 15.0. The van der Waals surface area contributed by atoms with E-state index in [-0.39, 0.29) is 24.5 Å². The first-order valence-corrected chi connectivity index (χ1v) is 14.9. The quantitative estimate of drug-likeness (QED) is 0.0854. The first kappa shape index (κ1) is 37.5. The monoisotopic (exact) mass is 604 g/mol. The van der Waals surface area contributed by atoms with E-state index < -0.39 is 53.8 Å². The predicted molar refractivity (Wildman–Crippen MR) is 164 cm³/mol. The van der Waals surface area contributed by atoms with Crippen LogP contribution in [0.2, 0.25) is 0 Å². The second-order valence-electron chi connectivity index (χ2n) is 11.2. The number of benzene rings is 1. The summed E-state index contributed by atoms with van der Waals surface area (Å²) in [6.07, 6.45) is 5.12. The van der Waals surface area contributed by atoms with E-state index in [4.69, 9.17) is 17.2 Å². The summed E-state index contributed by atoms with van der Waals surface area (Å²) in [5.41, 5.74) is 17.6. The van der Waals surface area contributed by atoms with Gasteiger partial charge in [-0.05, 0) is 88.6 Å². The maximum Gasteiger partial charge on any atom is 0.243 e. The molecule has 0 aliphatic carbocycles. The highest BCUT2D eigenvalue weighted by Crippen LogP contribution is 2.13. The molecule has 1 rings (SSSR count). The van der Waals surface area contributed by atoms with Gasteiger partial charge in [-0.1, -0.05) is 26.0 Å². The molecule has 0 aliphatic heterocycles. The van der Waals surface area contributed by atoms with Crippen molar-refractivity contribution in [3.05, 3.63) is 29.8 Å². The Balaban J connectivity index is 3.22. The van der Waals surface area contributed by atoms with Crippen LogP contribution in [0.4, 0.5) is 0 Å². The van der Waals surface area contributed by atoms with Crippen LogP contribution in [0.1, 0.15) is 71.3 Å². The molecule has 0 bridgehead atoms. The molecule has 241 valence electrons. The molecular weight excluding hydrogens is 554 g/mol. The lowest BCUT2D eigenvalue weighted by Crippen LogP contribution is -2.58. The van der Waals surface area contributed by atoms with Gasteiger partial charge in [0.1, 0.15) is 23.9 Å². The number of hydrogen-bond donors (Lipinski definition) is 8. The molecule has 13 nitrogen and oxygen atoms in total. The van der Waals surface area contributed by atoms with E-state index in [0.717, 1.165) is 0 Å². The Morgan fingerprint density at radius 1 is 0.744 bits per heavy atom. The van der Waals surface area contributed by atoms with Crippen molar-refractivity contribution in [3.8, 4) is 5.75 Å². The highest BCUT2D eigenvalue weighted by molar-refractivity contribution is 5.95. The van der Waals surface area contributed by atoms with E-state index in [2.05, 4.69) is 21.3 Å². The molecule has 1 aromatic rings. The van der Waals surface area contributed by atoms with E-state index >= 15 is 0 Å². The molecule has 1 aromatic carbocycles. The van der Waals surface area contributed by atoms with E-state index in [1.54, 1.807) is 12.1 Å². The number of rotatable bonds is 21. The fraction of sp³-hybridized carbons (Fsp3) is 0.633. The first-order chi connectivity index (χ1) is 20.4. The molecule has 43 heavy (non-hydrogen) atoms. The van der Waals surface area contributed by atoms with Gasteiger partial charge in [0.25, 0.3) is 0 Å². The summed E-state index contributed by atoms with van der Waals surface area (Å²) in [5.74, 6) is -2.12. The normalized spacial score (nSPS) is 14.6. The first-order valence-electron chi connectivity index (χ1n) is 14.9. The van der Waals surface area contributed by atoms with Crippen LogP contribution in [0, 0.1) is 5.92 Å². The maximum atomic E-state index is 13.6. The number of phenols is 1. The molecule has 5 atom stereocenters. The Hall–Kier alpha value is -3.55. The molecule has 0 spiro atoms. The van der Waals surface area contributed by atoms with Gasteiger partial charge in [0, 0.05) is 6.42 Å². The minimum atomic E-state index is -1.10. The lowest BCUT2D eigenvalue weighted by molar-refractivity contribution is -0.134. The van der Waals surface area contributed by atoms with Crippen molar-refractivity contribution in [2.24, 2.45) is 23.1 Å². The van der Waals surface area contributed by atoms with Crippen LogP contribution in [0.15, 0.2) is 24.3 Å². The number of nitrogens with two attached hydrogens (primary N) is 3. The maximum absolute atomic E-state index is 13.6. The minimum absolute atomic E-state index is 0.0427. The van der Waals surface area contributed by atoms with Crippen molar-refractivity contribution >= 4 is 29.9 Å². The lowest BCUT2D eigenvalue weighted by Gasteiger charge is -2.26. The number of phenolic OH excluding ortho intramolecular Hbond substituents is 1. The summed E-state index contributed by atoms with van der Waals surface area (Å²) < 4.78 is 0. The highest BCUT2D eigenvalue weighted by atomic mass is 16.3. The van der Waals surface area contributed by atoms with Crippen molar-refractivity contribution in [2.75, 3.05) is 13.1 Å². The highest BCUT2D eigenvalue weighted by Gasteiger charge is 2.30. The number of nitrogens with one attached hydrogen (secondary N) is 4. The largest absolute Gasteiger partial charge is 0.508 e. The molecule has 0 fully saturated rings. The SMILES string of the molecule is CC(C)C[C@@H]([C]=O)NC(=O)[C@H](Cc1ccc(O)cc1)NC(=O)[C@H](CCCCN)NC(=O)[C@H](CCCCN)NC(=O)[C@H](C)N. The van der Waals surface area contributed by atoms with E-state index in [9.17, 15) is 29.1 Å². The summed E-state index contributed by atoms with van der Waals surface area (Å²) in [6, 6.07) is 1.37. The van der Waals surface area contributed by atoms with Gasteiger partial charge >= 0.3 is 0 Å². The van der Waals surface area contributed by atoms with Crippen LogP contribution >= 0.6 is 0 Å². The average Bonchev–Trinajstić information content (AvgIpc) is 2.96. The molecule has 0 saturated heterocycles. The Labute approximate surface area is 254 Å². The Bertz CT molecular complexity index is 1020. The minimum Gasteiger partial charge on any atom is -0.508 e. The second kappa shape index (κ2) is 20.4. The van der Waals surface area contributed by atoms with Crippen LogP contribution in [-0.2, 0) is 30.4 Å². The van der Waals surface area contributed by atoms with Gasteiger partial charge in [-0.15, -0.1) is 0 Å². The van der Waals surface area contributed by atoms with E-state index in [0.29, 0.717) is 57.2 Å². The van der Waals surface area contributed by atoms with Gasteiger partial charge in [-0.25, -0.2) is 0 Å². The summed E-state index contributed by atoms with van der Waals surface area (Å²) in [6.45, 7) is 6.12. The number of hydrogen-bond acceptors (Lipinski definition) is 9. The summed E-state index contributed by atoms with van der Waals surface area (Å²) in [5, 5.41) is 20.4. The summed E-state index contributed by atoms with van der Waals surface area (Å²) in [7, 11) is 0.